The van der Waals surface area contributed by atoms with E-state index in [1.807, 2.05) is 36.4 Å². The Morgan fingerprint density at radius 1 is 0.846 bits per heavy atom. The van der Waals surface area contributed by atoms with Crippen molar-refractivity contribution in [2.75, 3.05) is 5.32 Å². The van der Waals surface area contributed by atoms with Crippen LogP contribution >= 0.6 is 0 Å². The van der Waals surface area contributed by atoms with Gasteiger partial charge in [-0.1, -0.05) is 29.8 Å². The van der Waals surface area contributed by atoms with Crippen LogP contribution in [0, 0.1) is 24.7 Å². The minimum Gasteiger partial charge on any atom is -0.322 e. The van der Waals surface area contributed by atoms with Crippen molar-refractivity contribution in [3.63, 3.8) is 0 Å². The maximum Gasteiger partial charge on any atom is 0.255 e. The maximum atomic E-state index is 12.5. The zero-order valence-electron chi connectivity index (χ0n) is 15.5. The van der Waals surface area contributed by atoms with Gasteiger partial charge in [-0.25, -0.2) is 0 Å². The largest absolute Gasteiger partial charge is 0.322 e. The quantitative estimate of drug-likeness (QED) is 0.758. The van der Waals surface area contributed by atoms with Crippen LogP contribution in [0.15, 0.2) is 48.5 Å². The fourth-order valence-electron chi connectivity index (χ4n) is 6.28. The monoisotopic (exact) mass is 345 g/mol. The van der Waals surface area contributed by atoms with Crippen molar-refractivity contribution in [2.24, 2.45) is 17.8 Å². The van der Waals surface area contributed by atoms with Gasteiger partial charge in [0.25, 0.3) is 5.91 Å². The van der Waals surface area contributed by atoms with Crippen LogP contribution in [0.1, 0.15) is 60.0 Å². The van der Waals surface area contributed by atoms with E-state index in [-0.39, 0.29) is 5.91 Å². The van der Waals surface area contributed by atoms with Gasteiger partial charge in [0.1, 0.15) is 0 Å². The van der Waals surface area contributed by atoms with Crippen molar-refractivity contribution in [2.45, 2.75) is 50.9 Å². The minimum atomic E-state index is -0.0223. The smallest absolute Gasteiger partial charge is 0.255 e. The third-order valence-corrected chi connectivity index (χ3v) is 7.11. The van der Waals surface area contributed by atoms with Crippen molar-refractivity contribution >= 4 is 11.6 Å². The molecule has 4 bridgehead atoms. The first kappa shape index (κ1) is 16.1. The molecule has 0 unspecified atom stereocenters. The van der Waals surface area contributed by atoms with Crippen molar-refractivity contribution in [3.8, 4) is 0 Å². The van der Waals surface area contributed by atoms with E-state index in [1.54, 1.807) is 0 Å². The van der Waals surface area contributed by atoms with Crippen LogP contribution in [0.5, 0.6) is 0 Å². The minimum absolute atomic E-state index is 0.0223. The zero-order chi connectivity index (χ0) is 17.7. The second kappa shape index (κ2) is 5.97. The first-order chi connectivity index (χ1) is 12.6. The average Bonchev–Trinajstić information content (AvgIpc) is 2.63. The lowest BCUT2D eigenvalue weighted by atomic mass is 9.48. The molecule has 1 amide bonds. The Morgan fingerprint density at radius 2 is 1.38 bits per heavy atom. The predicted molar refractivity (Wildman–Crippen MR) is 105 cm³/mol. The highest BCUT2D eigenvalue weighted by Gasteiger charge is 2.51. The van der Waals surface area contributed by atoms with Gasteiger partial charge in [-0.3, -0.25) is 4.79 Å². The van der Waals surface area contributed by atoms with Gasteiger partial charge >= 0.3 is 0 Å². The van der Waals surface area contributed by atoms with Gasteiger partial charge in [0.05, 0.1) is 0 Å². The molecule has 2 aromatic carbocycles. The standard InChI is InChI=1S/C24H27NO/c1-16-2-8-22(9-3-16)25-23(26)20-4-6-21(7-5-20)24-13-17-10-18(14-24)12-19(11-17)15-24/h2-9,17-19H,10-15H2,1H3,(H,25,26). The van der Waals surface area contributed by atoms with Gasteiger partial charge in [-0.15, -0.1) is 0 Å². The maximum absolute atomic E-state index is 12.5. The third kappa shape index (κ3) is 2.76. The van der Waals surface area contributed by atoms with E-state index in [1.165, 1.54) is 49.7 Å². The normalized spacial score (nSPS) is 31.8. The molecule has 0 radical (unpaired) electrons. The molecule has 4 aliphatic carbocycles. The number of nitrogens with one attached hydrogen (secondary N) is 1. The number of amides is 1. The first-order valence-electron chi connectivity index (χ1n) is 10.1. The van der Waals surface area contributed by atoms with Gasteiger partial charge < -0.3 is 5.32 Å². The van der Waals surface area contributed by atoms with Crippen molar-refractivity contribution in [3.05, 3.63) is 65.2 Å². The summed E-state index contributed by atoms with van der Waals surface area (Å²) in [5.74, 6) is 2.83. The molecule has 2 nitrogen and oxygen atoms in total. The highest BCUT2D eigenvalue weighted by molar-refractivity contribution is 6.04. The average molecular weight is 345 g/mol. The zero-order valence-corrected chi connectivity index (χ0v) is 15.5. The van der Waals surface area contributed by atoms with E-state index in [0.29, 0.717) is 5.41 Å². The van der Waals surface area contributed by atoms with Crippen LogP contribution in [0.4, 0.5) is 5.69 Å². The van der Waals surface area contributed by atoms with Crippen molar-refractivity contribution < 1.29 is 4.79 Å². The van der Waals surface area contributed by atoms with E-state index in [0.717, 1.165) is 29.0 Å². The molecule has 4 fully saturated rings. The topological polar surface area (TPSA) is 29.1 Å². The van der Waals surface area contributed by atoms with Crippen LogP contribution in [0.2, 0.25) is 0 Å². The highest BCUT2D eigenvalue weighted by Crippen LogP contribution is 2.60. The second-order valence-electron chi connectivity index (χ2n) is 9.10. The van der Waals surface area contributed by atoms with E-state index >= 15 is 0 Å². The SMILES string of the molecule is Cc1ccc(NC(=O)c2ccc(C34CC5CC(CC(C5)C3)C4)cc2)cc1. The van der Waals surface area contributed by atoms with Crippen molar-refractivity contribution in [1.29, 1.82) is 0 Å². The molecule has 134 valence electrons. The molecule has 2 aromatic rings. The fourth-order valence-corrected chi connectivity index (χ4v) is 6.28. The summed E-state index contributed by atoms with van der Waals surface area (Å²) in [4.78, 5) is 12.5. The Balaban J connectivity index is 1.34. The van der Waals surface area contributed by atoms with E-state index in [2.05, 4.69) is 24.4 Å². The number of carbonyl (C=O) groups is 1. The number of aryl methyl sites for hydroxylation is 1. The van der Waals surface area contributed by atoms with Crippen LogP contribution in [0.25, 0.3) is 0 Å². The predicted octanol–water partition coefficient (Wildman–Crippen LogP) is 5.72. The summed E-state index contributed by atoms with van der Waals surface area (Å²) >= 11 is 0. The Kier molecular flexibility index (Phi) is 3.70. The highest BCUT2D eigenvalue weighted by atomic mass is 16.1. The molecule has 1 N–H and O–H groups in total. The van der Waals surface area contributed by atoms with Crippen LogP contribution < -0.4 is 5.32 Å². The molecule has 0 heterocycles. The van der Waals surface area contributed by atoms with E-state index in [4.69, 9.17) is 0 Å². The lowest BCUT2D eigenvalue weighted by Gasteiger charge is -2.57. The summed E-state index contributed by atoms with van der Waals surface area (Å²) in [5, 5.41) is 3.00. The summed E-state index contributed by atoms with van der Waals surface area (Å²) in [6, 6.07) is 16.5. The Morgan fingerprint density at radius 3 is 1.92 bits per heavy atom. The molecule has 0 atom stereocenters. The number of hydrogen-bond acceptors (Lipinski definition) is 1. The molecule has 6 rings (SSSR count). The van der Waals surface area contributed by atoms with Gasteiger partial charge in [0.15, 0.2) is 0 Å². The Bertz CT molecular complexity index is 783. The third-order valence-electron chi connectivity index (χ3n) is 7.11. The van der Waals surface area contributed by atoms with E-state index in [9.17, 15) is 4.79 Å². The summed E-state index contributed by atoms with van der Waals surface area (Å²) < 4.78 is 0. The van der Waals surface area contributed by atoms with Crippen molar-refractivity contribution in [1.82, 2.24) is 0 Å². The summed E-state index contributed by atoms with van der Waals surface area (Å²) in [6.07, 6.45) is 8.51. The molecule has 4 saturated carbocycles. The van der Waals surface area contributed by atoms with Crippen LogP contribution in [0.3, 0.4) is 0 Å². The summed E-state index contributed by atoms with van der Waals surface area (Å²) in [7, 11) is 0. The van der Waals surface area contributed by atoms with Gasteiger partial charge in [-0.2, -0.15) is 0 Å². The molecule has 0 aliphatic heterocycles. The van der Waals surface area contributed by atoms with E-state index < -0.39 is 0 Å². The second-order valence-corrected chi connectivity index (χ2v) is 9.10. The first-order valence-corrected chi connectivity index (χ1v) is 10.1. The molecule has 0 aromatic heterocycles. The van der Waals surface area contributed by atoms with Gasteiger partial charge in [-0.05, 0) is 98.4 Å². The summed E-state index contributed by atoms with van der Waals surface area (Å²) in [6.45, 7) is 2.05. The van der Waals surface area contributed by atoms with Crippen LogP contribution in [-0.2, 0) is 5.41 Å². The molecule has 2 heteroatoms. The fraction of sp³-hybridized carbons (Fsp3) is 0.458. The molecular formula is C24H27NO. The molecule has 4 aliphatic rings. The lowest BCUT2D eigenvalue weighted by molar-refractivity contribution is -0.00519. The van der Waals surface area contributed by atoms with Gasteiger partial charge in [0.2, 0.25) is 0 Å². The number of hydrogen-bond donors (Lipinski definition) is 1. The molecule has 26 heavy (non-hydrogen) atoms. The number of anilines is 1. The summed E-state index contributed by atoms with van der Waals surface area (Å²) in [5.41, 5.74) is 4.68. The lowest BCUT2D eigenvalue weighted by Crippen LogP contribution is -2.48. The number of carbonyl (C=O) groups excluding carboxylic acids is 1. The molecular weight excluding hydrogens is 318 g/mol. The van der Waals surface area contributed by atoms with Crippen LogP contribution in [-0.4, -0.2) is 5.91 Å². The number of benzene rings is 2. The Labute approximate surface area is 156 Å². The molecule has 0 spiro atoms. The Hall–Kier alpha value is -2.09. The number of rotatable bonds is 3. The molecule has 0 saturated heterocycles. The van der Waals surface area contributed by atoms with Gasteiger partial charge in [0, 0.05) is 11.3 Å².